The number of unbranched alkanes of at least 4 members (excludes halogenated alkanes) is 1. The third kappa shape index (κ3) is 4.07. The van der Waals surface area contributed by atoms with Gasteiger partial charge in [0.2, 0.25) is 0 Å². The Bertz CT molecular complexity index is 1110. The molecule has 4 aromatic carbocycles. The molecule has 0 saturated heterocycles. The summed E-state index contributed by atoms with van der Waals surface area (Å²) in [6, 6.07) is 28.4. The number of aldehydes is 1. The number of hydrogen-bond acceptors (Lipinski definition) is 2. The van der Waals surface area contributed by atoms with Crippen LogP contribution in [0.3, 0.4) is 0 Å². The van der Waals surface area contributed by atoms with E-state index in [1.165, 1.54) is 10.9 Å². The van der Waals surface area contributed by atoms with Gasteiger partial charge in [-0.1, -0.05) is 74.0 Å². The van der Waals surface area contributed by atoms with Crippen molar-refractivity contribution in [2.75, 3.05) is 0 Å². The Balaban J connectivity index is 1.94. The Hall–Kier alpha value is -3.39. The molecule has 144 valence electrons. The van der Waals surface area contributed by atoms with Crippen LogP contribution in [-0.2, 0) is 6.42 Å². The third-order valence-corrected chi connectivity index (χ3v) is 5.18. The van der Waals surface area contributed by atoms with Crippen molar-refractivity contribution in [3.8, 4) is 22.6 Å². The number of aryl methyl sites for hydroxylation is 1. The van der Waals surface area contributed by atoms with Gasteiger partial charge in [0.05, 0.1) is 0 Å². The van der Waals surface area contributed by atoms with Gasteiger partial charge in [0.15, 0.2) is 0 Å². The molecule has 0 spiro atoms. The molecule has 2 heteroatoms. The molecule has 0 amide bonds. The summed E-state index contributed by atoms with van der Waals surface area (Å²) in [5, 5.41) is 2.27. The molecule has 0 aliphatic heterocycles. The number of carbonyl (C=O) groups excluding carboxylic acids is 1. The average Bonchev–Trinajstić information content (AvgIpc) is 2.78. The summed E-state index contributed by atoms with van der Waals surface area (Å²) in [5.74, 6) is 1.60. The normalized spacial score (nSPS) is 10.8. The summed E-state index contributed by atoms with van der Waals surface area (Å²) in [5.41, 5.74) is 4.25. The van der Waals surface area contributed by atoms with Crippen molar-refractivity contribution < 1.29 is 9.53 Å². The topological polar surface area (TPSA) is 26.3 Å². The van der Waals surface area contributed by atoms with E-state index in [4.69, 9.17) is 4.74 Å². The monoisotopic (exact) mass is 380 g/mol. The second-order valence-electron chi connectivity index (χ2n) is 7.22. The zero-order valence-corrected chi connectivity index (χ0v) is 16.6. The van der Waals surface area contributed by atoms with E-state index in [9.17, 15) is 4.79 Å². The fourth-order valence-corrected chi connectivity index (χ4v) is 3.69. The third-order valence-electron chi connectivity index (χ3n) is 5.18. The highest BCUT2D eigenvalue weighted by Gasteiger charge is 2.17. The molecule has 0 aromatic heterocycles. The van der Waals surface area contributed by atoms with Crippen LogP contribution in [0, 0.1) is 0 Å². The summed E-state index contributed by atoms with van der Waals surface area (Å²) in [7, 11) is 0. The van der Waals surface area contributed by atoms with Gasteiger partial charge < -0.3 is 4.74 Å². The predicted octanol–water partition coefficient (Wildman–Crippen LogP) is 7.45. The highest BCUT2D eigenvalue weighted by molar-refractivity contribution is 5.97. The van der Waals surface area contributed by atoms with Gasteiger partial charge in [-0.2, -0.15) is 0 Å². The summed E-state index contributed by atoms with van der Waals surface area (Å²) in [6.07, 6.45) is 4.13. The van der Waals surface area contributed by atoms with Crippen molar-refractivity contribution >= 4 is 17.1 Å². The summed E-state index contributed by atoms with van der Waals surface area (Å²) >= 11 is 0. The molecule has 29 heavy (non-hydrogen) atoms. The van der Waals surface area contributed by atoms with Gasteiger partial charge in [-0.25, -0.2) is 0 Å². The smallest absolute Gasteiger partial charge is 0.150 e. The Morgan fingerprint density at radius 2 is 1.59 bits per heavy atom. The van der Waals surface area contributed by atoms with Gasteiger partial charge in [-0.15, -0.1) is 0 Å². The molecular weight excluding hydrogens is 356 g/mol. The molecule has 0 radical (unpaired) electrons. The van der Waals surface area contributed by atoms with Crippen LogP contribution in [0.2, 0.25) is 0 Å². The zero-order chi connectivity index (χ0) is 20.1. The van der Waals surface area contributed by atoms with E-state index in [1.54, 1.807) is 12.1 Å². The Morgan fingerprint density at radius 1 is 0.862 bits per heavy atom. The van der Waals surface area contributed by atoms with Gasteiger partial charge >= 0.3 is 0 Å². The van der Waals surface area contributed by atoms with Crippen LogP contribution >= 0.6 is 0 Å². The largest absolute Gasteiger partial charge is 0.456 e. The molecule has 2 nitrogen and oxygen atoms in total. The standard InChI is InChI=1S/C27H24O2/c1-2-3-9-23-18-22-12-7-8-13-25(22)27(26(23)21-10-5-4-6-11-21)29-24-16-14-20(19-28)15-17-24/h4-8,10-19H,2-3,9H2,1H3. The number of hydrogen-bond donors (Lipinski definition) is 0. The Labute approximate surface area is 171 Å². The summed E-state index contributed by atoms with van der Waals surface area (Å²) < 4.78 is 6.48. The number of carbonyl (C=O) groups is 1. The molecule has 0 bridgehead atoms. The highest BCUT2D eigenvalue weighted by Crippen LogP contribution is 2.42. The van der Waals surface area contributed by atoms with E-state index in [2.05, 4.69) is 55.5 Å². The van der Waals surface area contributed by atoms with E-state index in [-0.39, 0.29) is 0 Å². The van der Waals surface area contributed by atoms with Crippen LogP contribution in [0.25, 0.3) is 21.9 Å². The molecule has 4 aromatic rings. The lowest BCUT2D eigenvalue weighted by atomic mass is 9.91. The maximum absolute atomic E-state index is 11.0. The second kappa shape index (κ2) is 8.74. The number of fused-ring (bicyclic) bond motifs is 1. The maximum atomic E-state index is 11.0. The van der Waals surface area contributed by atoms with Crippen molar-refractivity contribution in [1.82, 2.24) is 0 Å². The minimum atomic E-state index is 0.641. The molecule has 0 atom stereocenters. The number of benzene rings is 4. The Kier molecular flexibility index (Phi) is 5.71. The van der Waals surface area contributed by atoms with E-state index >= 15 is 0 Å². The summed E-state index contributed by atoms with van der Waals surface area (Å²) in [6.45, 7) is 2.22. The molecule has 0 unspecified atom stereocenters. The number of rotatable bonds is 7. The minimum Gasteiger partial charge on any atom is -0.456 e. The van der Waals surface area contributed by atoms with Crippen molar-refractivity contribution in [1.29, 1.82) is 0 Å². The van der Waals surface area contributed by atoms with Crippen LogP contribution in [-0.4, -0.2) is 6.29 Å². The quantitative estimate of drug-likeness (QED) is 0.311. The first-order valence-electron chi connectivity index (χ1n) is 10.1. The maximum Gasteiger partial charge on any atom is 0.150 e. The van der Waals surface area contributed by atoms with E-state index in [1.807, 2.05) is 24.3 Å². The molecule has 0 saturated carbocycles. The van der Waals surface area contributed by atoms with Crippen LogP contribution in [0.5, 0.6) is 11.5 Å². The van der Waals surface area contributed by atoms with Gasteiger partial charge in [0.1, 0.15) is 17.8 Å². The van der Waals surface area contributed by atoms with Crippen molar-refractivity contribution in [3.05, 3.63) is 96.1 Å². The van der Waals surface area contributed by atoms with Gasteiger partial charge in [-0.3, -0.25) is 4.79 Å². The fourth-order valence-electron chi connectivity index (χ4n) is 3.69. The molecule has 0 aliphatic rings. The lowest BCUT2D eigenvalue weighted by molar-refractivity contribution is 0.112. The van der Waals surface area contributed by atoms with Crippen LogP contribution in [0.15, 0.2) is 84.9 Å². The van der Waals surface area contributed by atoms with Crippen LogP contribution < -0.4 is 4.74 Å². The van der Waals surface area contributed by atoms with E-state index in [0.29, 0.717) is 5.56 Å². The minimum absolute atomic E-state index is 0.641. The summed E-state index contributed by atoms with van der Waals surface area (Å²) in [4.78, 5) is 11.0. The Morgan fingerprint density at radius 3 is 2.31 bits per heavy atom. The lowest BCUT2D eigenvalue weighted by Gasteiger charge is -2.19. The molecule has 0 aliphatic carbocycles. The molecule has 0 heterocycles. The van der Waals surface area contributed by atoms with Crippen molar-refractivity contribution in [2.45, 2.75) is 26.2 Å². The first-order chi connectivity index (χ1) is 14.3. The molecule has 0 N–H and O–H groups in total. The second-order valence-corrected chi connectivity index (χ2v) is 7.22. The van der Waals surface area contributed by atoms with Crippen molar-refractivity contribution in [2.24, 2.45) is 0 Å². The van der Waals surface area contributed by atoms with Crippen LogP contribution in [0.1, 0.15) is 35.7 Å². The SMILES string of the molecule is CCCCc1cc2ccccc2c(Oc2ccc(C=O)cc2)c1-c1ccccc1. The molecule has 4 rings (SSSR count). The van der Waals surface area contributed by atoms with Gasteiger partial charge in [0.25, 0.3) is 0 Å². The first kappa shape index (κ1) is 18.9. The van der Waals surface area contributed by atoms with Crippen molar-refractivity contribution in [3.63, 3.8) is 0 Å². The van der Waals surface area contributed by atoms with E-state index < -0.39 is 0 Å². The zero-order valence-electron chi connectivity index (χ0n) is 16.6. The van der Waals surface area contributed by atoms with Gasteiger partial charge in [-0.05, 0) is 53.6 Å². The van der Waals surface area contributed by atoms with E-state index in [0.717, 1.165) is 53.6 Å². The molecule has 0 fully saturated rings. The molecular formula is C27H24O2. The lowest BCUT2D eigenvalue weighted by Crippen LogP contribution is -1.97. The predicted molar refractivity (Wildman–Crippen MR) is 120 cm³/mol. The highest BCUT2D eigenvalue weighted by atomic mass is 16.5. The first-order valence-corrected chi connectivity index (χ1v) is 10.1. The number of ether oxygens (including phenoxy) is 1. The van der Waals surface area contributed by atoms with Crippen LogP contribution in [0.4, 0.5) is 0 Å². The average molecular weight is 380 g/mol. The fraction of sp³-hybridized carbons (Fsp3) is 0.148. The van der Waals surface area contributed by atoms with Gasteiger partial charge in [0, 0.05) is 16.5 Å².